The molecule has 3 aromatic rings. The molecule has 0 saturated heterocycles. The fourth-order valence-corrected chi connectivity index (χ4v) is 2.98. The molecule has 2 N–H and O–H groups in total. The summed E-state index contributed by atoms with van der Waals surface area (Å²) in [5.74, 6) is -0.0307. The van der Waals surface area contributed by atoms with Crippen molar-refractivity contribution < 1.29 is 4.79 Å². The maximum atomic E-state index is 13.1. The number of hydrogen-bond acceptors (Lipinski definition) is 3. The van der Waals surface area contributed by atoms with Gasteiger partial charge in [-0.05, 0) is 31.9 Å². The van der Waals surface area contributed by atoms with E-state index in [2.05, 4.69) is 15.6 Å². The fraction of sp³-hybridized carbons (Fsp3) is 0.190. The Morgan fingerprint density at radius 1 is 1.07 bits per heavy atom. The van der Waals surface area contributed by atoms with Crippen LogP contribution in [-0.2, 0) is 4.79 Å². The Balaban J connectivity index is 1.81. The van der Waals surface area contributed by atoms with Crippen LogP contribution in [0.5, 0.6) is 0 Å². The largest absolute Gasteiger partial charge is 0.290 e. The lowest BCUT2D eigenvalue weighted by Crippen LogP contribution is -2.24. The predicted octanol–water partition coefficient (Wildman–Crippen LogP) is 3.08. The van der Waals surface area contributed by atoms with Crippen molar-refractivity contribution in [3.05, 3.63) is 76.6 Å². The van der Waals surface area contributed by atoms with Crippen LogP contribution in [0.15, 0.2) is 70.6 Å². The van der Waals surface area contributed by atoms with E-state index in [4.69, 9.17) is 0 Å². The molecule has 0 radical (unpaired) electrons. The van der Waals surface area contributed by atoms with E-state index in [0.29, 0.717) is 17.0 Å². The molecule has 6 nitrogen and oxygen atoms in total. The van der Waals surface area contributed by atoms with Crippen LogP contribution in [0.4, 0.5) is 0 Å². The molecule has 0 spiro atoms. The number of H-pyrrole nitrogens is 1. The Bertz CT molecular complexity index is 1040. The topological polar surface area (TPSA) is 79.2 Å². The van der Waals surface area contributed by atoms with Gasteiger partial charge >= 0.3 is 0 Å². The number of amides is 1. The number of aromatic amines is 1. The summed E-state index contributed by atoms with van der Waals surface area (Å²) in [5.41, 5.74) is 5.58. The summed E-state index contributed by atoms with van der Waals surface area (Å²) in [6, 6.07) is 19.0. The van der Waals surface area contributed by atoms with E-state index >= 15 is 0 Å². The number of nitrogens with zero attached hydrogens (tertiary/aromatic N) is 2. The minimum Gasteiger partial charge on any atom is -0.290 e. The predicted molar refractivity (Wildman–Crippen MR) is 105 cm³/mol. The van der Waals surface area contributed by atoms with Crippen LogP contribution in [0, 0.1) is 5.92 Å². The highest BCUT2D eigenvalue weighted by molar-refractivity contribution is 6.04. The second kappa shape index (κ2) is 7.07. The van der Waals surface area contributed by atoms with E-state index < -0.39 is 0 Å². The smallest absolute Gasteiger partial charge is 0.281 e. The second-order valence-corrected chi connectivity index (χ2v) is 6.65. The molecule has 0 bridgehead atoms. The van der Waals surface area contributed by atoms with E-state index in [0.717, 1.165) is 24.1 Å². The van der Waals surface area contributed by atoms with Crippen molar-refractivity contribution in [2.45, 2.75) is 19.8 Å². The zero-order valence-electron chi connectivity index (χ0n) is 15.0. The van der Waals surface area contributed by atoms with Gasteiger partial charge in [0.25, 0.3) is 5.56 Å². The maximum Gasteiger partial charge on any atom is 0.281 e. The molecule has 1 amide bonds. The van der Waals surface area contributed by atoms with Gasteiger partial charge in [0.2, 0.25) is 5.91 Å². The molecule has 136 valence electrons. The molecule has 6 heteroatoms. The first-order valence-corrected chi connectivity index (χ1v) is 8.95. The van der Waals surface area contributed by atoms with E-state index in [1.807, 2.05) is 60.7 Å². The summed E-state index contributed by atoms with van der Waals surface area (Å²) in [6.07, 6.45) is 1.81. The van der Waals surface area contributed by atoms with Gasteiger partial charge in [0.05, 0.1) is 22.7 Å². The van der Waals surface area contributed by atoms with Crippen LogP contribution in [0.1, 0.15) is 25.3 Å². The number of aromatic nitrogens is 2. The first-order chi connectivity index (χ1) is 13.1. The third-order valence-corrected chi connectivity index (χ3v) is 4.61. The van der Waals surface area contributed by atoms with Crippen molar-refractivity contribution in [3.8, 4) is 16.9 Å². The summed E-state index contributed by atoms with van der Waals surface area (Å²) in [5, 5.41) is 7.39. The zero-order chi connectivity index (χ0) is 18.8. The minimum atomic E-state index is -0.207. The fourth-order valence-electron chi connectivity index (χ4n) is 2.98. The van der Waals surface area contributed by atoms with Crippen LogP contribution < -0.4 is 11.0 Å². The molecule has 0 unspecified atom stereocenters. The third-order valence-electron chi connectivity index (χ3n) is 4.61. The summed E-state index contributed by atoms with van der Waals surface area (Å²) in [6.45, 7) is 1.74. The van der Waals surface area contributed by atoms with Crippen molar-refractivity contribution in [1.29, 1.82) is 0 Å². The average molecular weight is 360 g/mol. The lowest BCUT2D eigenvalue weighted by molar-refractivity contribution is -0.122. The van der Waals surface area contributed by atoms with E-state index in [-0.39, 0.29) is 17.4 Å². The molecule has 2 aromatic carbocycles. The SMILES string of the molecule is C/C(=N\NC(=O)C1CC1)c1c(-c2ccccc2)[nH]n(-c2ccccc2)c1=O. The van der Waals surface area contributed by atoms with Gasteiger partial charge in [-0.25, -0.2) is 10.1 Å². The quantitative estimate of drug-likeness (QED) is 0.542. The molecule has 1 saturated carbocycles. The van der Waals surface area contributed by atoms with E-state index in [1.165, 1.54) is 4.68 Å². The van der Waals surface area contributed by atoms with E-state index in [9.17, 15) is 9.59 Å². The van der Waals surface area contributed by atoms with Gasteiger partial charge in [-0.2, -0.15) is 5.10 Å². The molecule has 4 rings (SSSR count). The summed E-state index contributed by atoms with van der Waals surface area (Å²) in [4.78, 5) is 25.0. The van der Waals surface area contributed by atoms with Crippen molar-refractivity contribution >= 4 is 11.6 Å². The molecule has 0 aliphatic heterocycles. The number of rotatable bonds is 5. The highest BCUT2D eigenvalue weighted by atomic mass is 16.2. The Kier molecular flexibility index (Phi) is 4.46. The molecule has 1 heterocycles. The average Bonchev–Trinajstić information content (AvgIpc) is 3.50. The van der Waals surface area contributed by atoms with Gasteiger partial charge in [-0.1, -0.05) is 48.5 Å². The summed E-state index contributed by atoms with van der Waals surface area (Å²) in [7, 11) is 0. The molecule has 1 aliphatic rings. The molecule has 0 atom stereocenters. The van der Waals surface area contributed by atoms with Gasteiger partial charge in [0, 0.05) is 11.5 Å². The molecule has 1 fully saturated rings. The second-order valence-electron chi connectivity index (χ2n) is 6.65. The van der Waals surface area contributed by atoms with Gasteiger partial charge in [0.1, 0.15) is 0 Å². The normalized spacial score (nSPS) is 14.2. The lowest BCUT2D eigenvalue weighted by Gasteiger charge is -2.03. The minimum absolute atomic E-state index is 0.0577. The van der Waals surface area contributed by atoms with Gasteiger partial charge in [-0.15, -0.1) is 0 Å². The third kappa shape index (κ3) is 3.46. The Labute approximate surface area is 156 Å². The summed E-state index contributed by atoms with van der Waals surface area (Å²) < 4.78 is 1.50. The number of para-hydroxylation sites is 1. The van der Waals surface area contributed by atoms with Gasteiger partial charge in [-0.3, -0.25) is 14.7 Å². The van der Waals surface area contributed by atoms with Crippen LogP contribution in [0.3, 0.4) is 0 Å². The number of benzene rings is 2. The highest BCUT2D eigenvalue weighted by Crippen LogP contribution is 2.28. The first kappa shape index (κ1) is 17.0. The number of hydrazone groups is 1. The molecular weight excluding hydrogens is 340 g/mol. The van der Waals surface area contributed by atoms with Gasteiger partial charge < -0.3 is 0 Å². The molecule has 1 aliphatic carbocycles. The highest BCUT2D eigenvalue weighted by Gasteiger charge is 2.29. The van der Waals surface area contributed by atoms with Crippen molar-refractivity contribution in [2.24, 2.45) is 11.0 Å². The van der Waals surface area contributed by atoms with E-state index in [1.54, 1.807) is 6.92 Å². The van der Waals surface area contributed by atoms with Gasteiger partial charge in [0.15, 0.2) is 0 Å². The standard InChI is InChI=1S/C21H20N4O2/c1-14(22-23-20(26)16-12-13-16)18-19(15-8-4-2-5-9-15)24-25(21(18)27)17-10-6-3-7-11-17/h2-11,16,24H,12-13H2,1H3,(H,23,26)/b22-14+. The van der Waals surface area contributed by atoms with Crippen molar-refractivity contribution in [3.63, 3.8) is 0 Å². The summed E-state index contributed by atoms with van der Waals surface area (Å²) >= 11 is 0. The van der Waals surface area contributed by atoms with Crippen molar-refractivity contribution in [1.82, 2.24) is 15.2 Å². The zero-order valence-corrected chi connectivity index (χ0v) is 15.0. The van der Waals surface area contributed by atoms with Crippen molar-refractivity contribution in [2.75, 3.05) is 0 Å². The maximum absolute atomic E-state index is 13.1. The number of hydrogen-bond donors (Lipinski definition) is 2. The molecular formula is C21H20N4O2. The number of carbonyl (C=O) groups is 1. The van der Waals surface area contributed by atoms with Crippen LogP contribution >= 0.6 is 0 Å². The number of carbonyl (C=O) groups excluding carboxylic acids is 1. The monoisotopic (exact) mass is 360 g/mol. The van der Waals surface area contributed by atoms with Crippen LogP contribution in [0.2, 0.25) is 0 Å². The van der Waals surface area contributed by atoms with Crippen LogP contribution in [0.25, 0.3) is 16.9 Å². The first-order valence-electron chi connectivity index (χ1n) is 8.95. The Morgan fingerprint density at radius 3 is 2.33 bits per heavy atom. The molecule has 1 aromatic heterocycles. The number of nitrogens with one attached hydrogen (secondary N) is 2. The Hall–Kier alpha value is -3.41. The molecule has 27 heavy (non-hydrogen) atoms. The Morgan fingerprint density at radius 2 is 1.70 bits per heavy atom. The lowest BCUT2D eigenvalue weighted by atomic mass is 10.1. The van der Waals surface area contributed by atoms with Crippen LogP contribution in [-0.4, -0.2) is 21.4 Å².